The Hall–Kier alpha value is -1.85. The molecule has 128 valence electrons. The molecule has 2 rings (SSSR count). The van der Waals surface area contributed by atoms with Crippen molar-refractivity contribution in [3.63, 3.8) is 0 Å². The molecule has 1 aromatic rings. The third-order valence-corrected chi connectivity index (χ3v) is 4.33. The molecule has 0 fully saturated rings. The molecule has 1 nitrogen and oxygen atoms in total. The Balaban J connectivity index is 0.00000139. The lowest BCUT2D eigenvalue weighted by atomic mass is 9.76. The van der Waals surface area contributed by atoms with E-state index in [-0.39, 0.29) is 0 Å². The van der Waals surface area contributed by atoms with E-state index in [9.17, 15) is 0 Å². The average Bonchev–Trinajstić information content (AvgIpc) is 2.63. The van der Waals surface area contributed by atoms with Crippen molar-refractivity contribution in [1.82, 2.24) is 0 Å². The van der Waals surface area contributed by atoms with Gasteiger partial charge >= 0.3 is 0 Å². The number of allylic oxidation sites excluding steroid dienone is 4. The third kappa shape index (κ3) is 4.36. The zero-order valence-corrected chi connectivity index (χ0v) is 16.2. The zero-order chi connectivity index (χ0) is 18.1. The summed E-state index contributed by atoms with van der Waals surface area (Å²) in [6, 6.07) is 6.15. The molecule has 0 saturated carbocycles. The lowest BCUT2D eigenvalue weighted by molar-refractivity contribution is 0.413. The van der Waals surface area contributed by atoms with E-state index >= 15 is 0 Å². The van der Waals surface area contributed by atoms with E-state index in [4.69, 9.17) is 4.74 Å². The van der Waals surface area contributed by atoms with E-state index in [2.05, 4.69) is 50.6 Å². The first kappa shape index (κ1) is 20.2. The molecule has 1 aliphatic rings. The van der Waals surface area contributed by atoms with Crippen molar-refractivity contribution < 1.29 is 4.74 Å². The number of hydrogen-bond acceptors (Lipinski definition) is 2. The number of ether oxygens (including phenoxy) is 1. The fourth-order valence-electron chi connectivity index (χ4n) is 3.20. The molecule has 0 bridgehead atoms. The van der Waals surface area contributed by atoms with E-state index in [0.717, 1.165) is 36.1 Å². The van der Waals surface area contributed by atoms with Crippen LogP contribution in [-0.4, -0.2) is 13.4 Å². The molecule has 0 heterocycles. The second-order valence-electron chi connectivity index (χ2n) is 5.57. The van der Waals surface area contributed by atoms with Crippen LogP contribution in [0.25, 0.3) is 5.57 Å². The second-order valence-corrected chi connectivity index (χ2v) is 5.57. The summed E-state index contributed by atoms with van der Waals surface area (Å²) in [5.41, 5.74) is 5.75. The van der Waals surface area contributed by atoms with E-state index in [1.165, 1.54) is 16.7 Å². The van der Waals surface area contributed by atoms with Gasteiger partial charge in [-0.3, -0.25) is 0 Å². The molecule has 1 unspecified atom stereocenters. The maximum Gasteiger partial charge on any atom is 0.127 e. The molecular formula is C22H28OS. The van der Waals surface area contributed by atoms with Gasteiger partial charge in [0.15, 0.2) is 0 Å². The van der Waals surface area contributed by atoms with Gasteiger partial charge in [-0.1, -0.05) is 32.1 Å². The molecule has 0 aliphatic heterocycles. The second kappa shape index (κ2) is 10.1. The van der Waals surface area contributed by atoms with Crippen molar-refractivity contribution in [2.24, 2.45) is 5.92 Å². The van der Waals surface area contributed by atoms with Gasteiger partial charge in [-0.2, -0.15) is 12.6 Å². The largest absolute Gasteiger partial charge is 0.496 e. The zero-order valence-electron chi connectivity index (χ0n) is 15.3. The van der Waals surface area contributed by atoms with Crippen molar-refractivity contribution in [2.75, 3.05) is 13.4 Å². The van der Waals surface area contributed by atoms with Crippen molar-refractivity contribution in [2.45, 2.75) is 33.1 Å². The summed E-state index contributed by atoms with van der Waals surface area (Å²) in [5, 5.41) is 0. The van der Waals surface area contributed by atoms with E-state index in [1.807, 2.05) is 25.1 Å². The summed E-state index contributed by atoms with van der Waals surface area (Å²) >= 11 is 3.53. The Kier molecular flexibility index (Phi) is 8.50. The maximum atomic E-state index is 5.62. The smallest absolute Gasteiger partial charge is 0.127 e. The van der Waals surface area contributed by atoms with Crippen LogP contribution in [0.2, 0.25) is 0 Å². The molecule has 0 amide bonds. The number of hydrogen-bond donors (Lipinski definition) is 1. The first-order valence-corrected chi connectivity index (χ1v) is 9.16. The van der Waals surface area contributed by atoms with Gasteiger partial charge in [0.2, 0.25) is 0 Å². The fourth-order valence-corrected chi connectivity index (χ4v) is 3.20. The number of rotatable bonds is 4. The highest BCUT2D eigenvalue weighted by molar-refractivity contribution is 7.79. The third-order valence-electron chi connectivity index (χ3n) is 4.33. The highest BCUT2D eigenvalue weighted by Crippen LogP contribution is 2.43. The molecule has 0 aromatic heterocycles. The summed E-state index contributed by atoms with van der Waals surface area (Å²) in [7, 11) is 1.71. The number of methoxy groups -OCH3 is 1. The topological polar surface area (TPSA) is 9.23 Å². The minimum Gasteiger partial charge on any atom is -0.496 e. The molecule has 2 heteroatoms. The molecule has 1 aliphatic carbocycles. The molecule has 0 spiro atoms. The Bertz CT molecular complexity index is 686. The van der Waals surface area contributed by atoms with Gasteiger partial charge in [-0.25, -0.2) is 0 Å². The molecule has 0 N–H and O–H groups in total. The van der Waals surface area contributed by atoms with Gasteiger partial charge in [0.1, 0.15) is 5.75 Å². The highest BCUT2D eigenvalue weighted by atomic mass is 32.1. The minimum atomic E-state index is 0.554. The van der Waals surface area contributed by atoms with Crippen LogP contribution in [0.4, 0.5) is 0 Å². The molecular weight excluding hydrogens is 312 g/mol. The van der Waals surface area contributed by atoms with Crippen LogP contribution in [0.1, 0.15) is 44.2 Å². The van der Waals surface area contributed by atoms with E-state index in [1.54, 1.807) is 13.4 Å². The quantitative estimate of drug-likeness (QED) is 0.528. The molecule has 24 heavy (non-hydrogen) atoms. The predicted molar refractivity (Wildman–Crippen MR) is 110 cm³/mol. The Labute approximate surface area is 152 Å². The van der Waals surface area contributed by atoms with Crippen LogP contribution < -0.4 is 4.74 Å². The molecule has 0 radical (unpaired) electrons. The number of benzene rings is 1. The van der Waals surface area contributed by atoms with Crippen molar-refractivity contribution in [1.29, 1.82) is 0 Å². The summed E-state index contributed by atoms with van der Waals surface area (Å²) in [4.78, 5) is 0. The van der Waals surface area contributed by atoms with Crippen LogP contribution in [-0.2, 0) is 0 Å². The molecule has 1 aromatic carbocycles. The Morgan fingerprint density at radius 1 is 1.38 bits per heavy atom. The Morgan fingerprint density at radius 2 is 2.08 bits per heavy atom. The van der Waals surface area contributed by atoms with Crippen molar-refractivity contribution >= 4 is 18.2 Å². The first-order chi connectivity index (χ1) is 11.7. The summed E-state index contributed by atoms with van der Waals surface area (Å²) in [6.45, 7) is 12.4. The minimum absolute atomic E-state index is 0.554. The van der Waals surface area contributed by atoms with Crippen molar-refractivity contribution in [3.8, 4) is 17.6 Å². The monoisotopic (exact) mass is 340 g/mol. The van der Waals surface area contributed by atoms with Gasteiger partial charge < -0.3 is 4.74 Å². The van der Waals surface area contributed by atoms with Gasteiger partial charge in [0.25, 0.3) is 0 Å². The normalized spacial score (nSPS) is 16.5. The SMILES string of the molecule is C=CC1=C(c2ccc(C#CC)cc2OC)C(=C)CCC1CC.CS. The number of thiol groups is 1. The van der Waals surface area contributed by atoms with E-state index in [0.29, 0.717) is 5.92 Å². The summed E-state index contributed by atoms with van der Waals surface area (Å²) < 4.78 is 5.62. The van der Waals surface area contributed by atoms with Crippen LogP contribution in [0.15, 0.2) is 48.6 Å². The van der Waals surface area contributed by atoms with Gasteiger partial charge in [-0.05, 0) is 73.3 Å². The standard InChI is InChI=1S/C21H24O.CH4S/c1-6-9-16-11-13-19(20(14-16)22-5)21-15(4)10-12-17(7-2)18(21)8-3;1-2/h8,11,13-14,17H,3-4,7,10,12H2,1-2,5H3;2H,1H3. The average molecular weight is 341 g/mol. The molecule has 1 atom stereocenters. The van der Waals surface area contributed by atoms with Crippen LogP contribution in [0.3, 0.4) is 0 Å². The van der Waals surface area contributed by atoms with Gasteiger partial charge in [0, 0.05) is 11.1 Å². The van der Waals surface area contributed by atoms with Crippen LogP contribution in [0, 0.1) is 17.8 Å². The summed E-state index contributed by atoms with van der Waals surface area (Å²) in [6.07, 6.45) is 7.00. The van der Waals surface area contributed by atoms with Crippen LogP contribution in [0.5, 0.6) is 5.75 Å². The van der Waals surface area contributed by atoms with E-state index < -0.39 is 0 Å². The molecule has 0 saturated heterocycles. The van der Waals surface area contributed by atoms with Crippen molar-refractivity contribution in [3.05, 3.63) is 59.7 Å². The Morgan fingerprint density at radius 3 is 2.62 bits per heavy atom. The lowest BCUT2D eigenvalue weighted by Gasteiger charge is -2.29. The fraction of sp³-hybridized carbons (Fsp3) is 0.364. The van der Waals surface area contributed by atoms with Gasteiger partial charge in [0.05, 0.1) is 7.11 Å². The first-order valence-electron chi connectivity index (χ1n) is 8.26. The lowest BCUT2D eigenvalue weighted by Crippen LogP contribution is -2.12. The van der Waals surface area contributed by atoms with Gasteiger partial charge in [-0.15, -0.1) is 5.92 Å². The van der Waals surface area contributed by atoms with Crippen LogP contribution >= 0.6 is 12.6 Å². The highest BCUT2D eigenvalue weighted by Gasteiger charge is 2.25. The maximum absolute atomic E-state index is 5.62. The summed E-state index contributed by atoms with van der Waals surface area (Å²) in [5.74, 6) is 7.42. The predicted octanol–water partition coefficient (Wildman–Crippen LogP) is 5.93.